The minimum Gasteiger partial charge on any atom is -0.497 e. The number of nitrogens with zero attached hydrogens (tertiary/aromatic N) is 3. The number of anilines is 2. The fourth-order valence-electron chi connectivity index (χ4n) is 3.65. The third kappa shape index (κ3) is 4.68. The van der Waals surface area contributed by atoms with Crippen molar-refractivity contribution in [2.75, 3.05) is 44.5 Å². The van der Waals surface area contributed by atoms with Crippen LogP contribution in [0.1, 0.15) is 23.2 Å². The van der Waals surface area contributed by atoms with E-state index in [1.54, 1.807) is 12.1 Å². The number of carbonyl (C=O) groups is 1. The number of hydrogen-bond acceptors (Lipinski definition) is 6. The molecule has 2 aromatic rings. The molecule has 0 saturated carbocycles. The lowest BCUT2D eigenvalue weighted by atomic mass is 10.0. The number of methoxy groups -OCH3 is 1. The van der Waals surface area contributed by atoms with Crippen molar-refractivity contribution in [3.8, 4) is 5.75 Å². The Morgan fingerprint density at radius 2 is 1.93 bits per heavy atom. The number of amides is 1. The van der Waals surface area contributed by atoms with Crippen LogP contribution in [0.15, 0.2) is 36.4 Å². The first kappa shape index (κ1) is 21.5. The van der Waals surface area contributed by atoms with E-state index >= 15 is 0 Å². The standard InChI is InChI=1S/C21H25FN4O4/c1-24(2)15-8-10-25(11-9-15)20-6-4-14(12-18(20)22)23-21(27)17-13-16(30-3)5-7-19(17)26(28)29/h4-7,12-13,15H,8-11H2,1-3H3,(H,23,27). The summed E-state index contributed by atoms with van der Waals surface area (Å²) in [4.78, 5) is 27.4. The van der Waals surface area contributed by atoms with Gasteiger partial charge in [-0.2, -0.15) is 0 Å². The van der Waals surface area contributed by atoms with Crippen LogP contribution in [-0.4, -0.2) is 56.1 Å². The maximum Gasteiger partial charge on any atom is 0.282 e. The molecule has 0 unspecified atom stereocenters. The molecule has 8 nitrogen and oxygen atoms in total. The molecule has 1 fully saturated rings. The molecular weight excluding hydrogens is 391 g/mol. The molecule has 0 atom stereocenters. The van der Waals surface area contributed by atoms with E-state index < -0.39 is 16.6 Å². The van der Waals surface area contributed by atoms with Crippen LogP contribution in [0.4, 0.5) is 21.5 Å². The fraction of sp³-hybridized carbons (Fsp3) is 0.381. The van der Waals surface area contributed by atoms with E-state index in [1.165, 1.54) is 31.4 Å². The van der Waals surface area contributed by atoms with Crippen LogP contribution in [-0.2, 0) is 0 Å². The SMILES string of the molecule is COc1ccc([N+](=O)[O-])c(C(=O)Nc2ccc(N3CCC(N(C)C)CC3)c(F)c2)c1. The molecule has 0 aromatic heterocycles. The Labute approximate surface area is 174 Å². The molecule has 0 spiro atoms. The topological polar surface area (TPSA) is 87.9 Å². The summed E-state index contributed by atoms with van der Waals surface area (Å²) in [6, 6.07) is 8.84. The molecule has 1 saturated heterocycles. The average molecular weight is 416 g/mol. The molecule has 0 aliphatic carbocycles. The molecule has 1 aliphatic heterocycles. The third-order valence-corrected chi connectivity index (χ3v) is 5.39. The Bertz CT molecular complexity index is 943. The van der Waals surface area contributed by atoms with Gasteiger partial charge in [-0.25, -0.2) is 4.39 Å². The number of nitro benzene ring substituents is 1. The molecule has 1 amide bonds. The Hall–Kier alpha value is -3.20. The molecule has 3 rings (SSSR count). The summed E-state index contributed by atoms with van der Waals surface area (Å²) in [5.74, 6) is -0.843. The molecule has 30 heavy (non-hydrogen) atoms. The molecule has 9 heteroatoms. The van der Waals surface area contributed by atoms with E-state index in [-0.39, 0.29) is 16.9 Å². The summed E-state index contributed by atoms with van der Waals surface area (Å²) in [5.41, 5.74) is 0.197. The number of piperidine rings is 1. The Morgan fingerprint density at radius 3 is 2.50 bits per heavy atom. The van der Waals surface area contributed by atoms with Crippen molar-refractivity contribution in [2.24, 2.45) is 0 Å². The highest BCUT2D eigenvalue weighted by atomic mass is 19.1. The first-order valence-electron chi connectivity index (χ1n) is 9.65. The minimum absolute atomic E-state index is 0.158. The average Bonchev–Trinajstić information content (AvgIpc) is 2.73. The van der Waals surface area contributed by atoms with Crippen molar-refractivity contribution in [3.63, 3.8) is 0 Å². The normalized spacial score (nSPS) is 14.6. The van der Waals surface area contributed by atoms with Gasteiger partial charge < -0.3 is 19.9 Å². The second kappa shape index (κ2) is 9.08. The minimum atomic E-state index is -0.709. The van der Waals surface area contributed by atoms with Crippen LogP contribution in [0.25, 0.3) is 0 Å². The summed E-state index contributed by atoms with van der Waals surface area (Å²) < 4.78 is 19.8. The first-order chi connectivity index (χ1) is 14.3. The molecule has 2 aromatic carbocycles. The van der Waals surface area contributed by atoms with Gasteiger partial charge in [-0.15, -0.1) is 0 Å². The van der Waals surface area contributed by atoms with Gasteiger partial charge in [0.25, 0.3) is 11.6 Å². The zero-order valence-electron chi connectivity index (χ0n) is 17.2. The van der Waals surface area contributed by atoms with Gasteiger partial charge in [-0.3, -0.25) is 14.9 Å². The highest BCUT2D eigenvalue weighted by Gasteiger charge is 2.24. The Morgan fingerprint density at radius 1 is 1.23 bits per heavy atom. The number of rotatable bonds is 6. The van der Waals surface area contributed by atoms with Crippen molar-refractivity contribution in [2.45, 2.75) is 18.9 Å². The molecule has 1 aliphatic rings. The van der Waals surface area contributed by atoms with Gasteiger partial charge in [-0.1, -0.05) is 0 Å². The van der Waals surface area contributed by atoms with Crippen LogP contribution in [0.5, 0.6) is 5.75 Å². The second-order valence-corrected chi connectivity index (χ2v) is 7.44. The molecular formula is C21H25FN4O4. The fourth-order valence-corrected chi connectivity index (χ4v) is 3.65. The van der Waals surface area contributed by atoms with E-state index in [2.05, 4.69) is 10.2 Å². The first-order valence-corrected chi connectivity index (χ1v) is 9.65. The molecule has 1 N–H and O–H groups in total. The summed E-state index contributed by atoms with van der Waals surface area (Å²) in [5, 5.41) is 13.8. The van der Waals surface area contributed by atoms with Gasteiger partial charge in [-0.05, 0) is 57.3 Å². The van der Waals surface area contributed by atoms with Crippen molar-refractivity contribution < 1.29 is 18.8 Å². The van der Waals surface area contributed by atoms with Gasteiger partial charge >= 0.3 is 0 Å². The Balaban J connectivity index is 1.75. The van der Waals surface area contributed by atoms with E-state index in [9.17, 15) is 19.3 Å². The van der Waals surface area contributed by atoms with Gasteiger partial charge in [0, 0.05) is 30.9 Å². The predicted octanol–water partition coefficient (Wildman–Crippen LogP) is 3.53. The number of carbonyl (C=O) groups excluding carboxylic acids is 1. The van der Waals surface area contributed by atoms with E-state index in [4.69, 9.17) is 4.74 Å². The number of nitrogens with one attached hydrogen (secondary N) is 1. The van der Waals surface area contributed by atoms with Gasteiger partial charge in [0.1, 0.15) is 17.1 Å². The van der Waals surface area contributed by atoms with Crippen molar-refractivity contribution in [1.82, 2.24) is 4.90 Å². The number of nitro groups is 1. The van der Waals surface area contributed by atoms with Crippen LogP contribution >= 0.6 is 0 Å². The molecule has 160 valence electrons. The predicted molar refractivity (Wildman–Crippen MR) is 113 cm³/mol. The number of hydrogen-bond donors (Lipinski definition) is 1. The van der Waals surface area contributed by atoms with Crippen LogP contribution < -0.4 is 15.0 Å². The highest BCUT2D eigenvalue weighted by Crippen LogP contribution is 2.28. The summed E-state index contributed by atoms with van der Waals surface area (Å²) >= 11 is 0. The lowest BCUT2D eigenvalue weighted by Gasteiger charge is -2.36. The van der Waals surface area contributed by atoms with Gasteiger partial charge in [0.15, 0.2) is 0 Å². The zero-order valence-corrected chi connectivity index (χ0v) is 17.2. The largest absolute Gasteiger partial charge is 0.497 e. The zero-order chi connectivity index (χ0) is 21.8. The number of benzene rings is 2. The van der Waals surface area contributed by atoms with Crippen LogP contribution in [0.3, 0.4) is 0 Å². The van der Waals surface area contributed by atoms with Gasteiger partial charge in [0.05, 0.1) is 17.7 Å². The third-order valence-electron chi connectivity index (χ3n) is 5.39. The molecule has 1 heterocycles. The van der Waals surface area contributed by atoms with Crippen molar-refractivity contribution >= 4 is 23.0 Å². The van der Waals surface area contributed by atoms with Crippen LogP contribution in [0, 0.1) is 15.9 Å². The second-order valence-electron chi connectivity index (χ2n) is 7.44. The van der Waals surface area contributed by atoms with Gasteiger partial charge in [0.2, 0.25) is 0 Å². The van der Waals surface area contributed by atoms with E-state index in [0.717, 1.165) is 25.9 Å². The molecule has 0 bridgehead atoms. The van der Waals surface area contributed by atoms with E-state index in [0.29, 0.717) is 17.5 Å². The number of halogens is 1. The smallest absolute Gasteiger partial charge is 0.282 e. The van der Waals surface area contributed by atoms with Crippen molar-refractivity contribution in [3.05, 3.63) is 57.9 Å². The lowest BCUT2D eigenvalue weighted by Crippen LogP contribution is -2.42. The maximum atomic E-state index is 14.7. The Kier molecular flexibility index (Phi) is 6.51. The quantitative estimate of drug-likeness (QED) is 0.573. The number of ether oxygens (including phenoxy) is 1. The summed E-state index contributed by atoms with van der Waals surface area (Å²) in [6.45, 7) is 1.50. The monoisotopic (exact) mass is 416 g/mol. The maximum absolute atomic E-state index is 14.7. The van der Waals surface area contributed by atoms with E-state index in [1.807, 2.05) is 19.0 Å². The lowest BCUT2D eigenvalue weighted by molar-refractivity contribution is -0.385. The summed E-state index contributed by atoms with van der Waals surface area (Å²) in [6.07, 6.45) is 1.90. The van der Waals surface area contributed by atoms with Crippen LogP contribution in [0.2, 0.25) is 0 Å². The van der Waals surface area contributed by atoms with Crippen molar-refractivity contribution in [1.29, 1.82) is 0 Å². The highest BCUT2D eigenvalue weighted by molar-refractivity contribution is 6.07. The summed E-state index contributed by atoms with van der Waals surface area (Å²) in [7, 11) is 5.49. The molecule has 0 radical (unpaired) electrons.